The van der Waals surface area contributed by atoms with Gasteiger partial charge in [0.15, 0.2) is 0 Å². The van der Waals surface area contributed by atoms with Crippen molar-refractivity contribution in [3.05, 3.63) is 16.7 Å². The van der Waals surface area contributed by atoms with Crippen LogP contribution >= 0.6 is 15.9 Å². The lowest BCUT2D eigenvalue weighted by Gasteiger charge is -2.13. The third kappa shape index (κ3) is 6.74. The first kappa shape index (κ1) is 16.2. The first-order valence-corrected chi connectivity index (χ1v) is 8.48. The maximum atomic E-state index is 11.3. The third-order valence-electron chi connectivity index (χ3n) is 2.22. The highest BCUT2D eigenvalue weighted by atomic mass is 79.9. The van der Waals surface area contributed by atoms with Gasteiger partial charge in [-0.3, -0.25) is 4.72 Å². The number of nitrogens with zero attached hydrogens (tertiary/aromatic N) is 2. The number of halogens is 1. The molecule has 8 heteroatoms. The number of nitrogens with one attached hydrogen (secondary N) is 2. The Hall–Kier alpha value is -0.860. The standard InChI is InChI=1S/C11H19BrN4O2S/c1-16(2)6-4-5-13-11-10(15-19(3,17)18)7-9(12)8-14-11/h7-8,15H,4-6H2,1-3H3,(H,13,14). The SMILES string of the molecule is CN(C)CCCNc1ncc(Br)cc1NS(C)(=O)=O. The van der Waals surface area contributed by atoms with Gasteiger partial charge in [0.05, 0.1) is 11.9 Å². The van der Waals surface area contributed by atoms with Crippen LogP contribution in [-0.2, 0) is 10.0 Å². The molecule has 0 aliphatic rings. The van der Waals surface area contributed by atoms with Gasteiger partial charge >= 0.3 is 0 Å². The fourth-order valence-corrected chi connectivity index (χ4v) is 2.35. The van der Waals surface area contributed by atoms with Gasteiger partial charge in [-0.2, -0.15) is 0 Å². The molecule has 1 rings (SSSR count). The van der Waals surface area contributed by atoms with E-state index in [4.69, 9.17) is 0 Å². The highest BCUT2D eigenvalue weighted by Crippen LogP contribution is 2.23. The maximum Gasteiger partial charge on any atom is 0.229 e. The van der Waals surface area contributed by atoms with Crippen molar-refractivity contribution in [1.29, 1.82) is 0 Å². The molecule has 0 unspecified atom stereocenters. The molecule has 0 saturated heterocycles. The molecule has 0 aliphatic heterocycles. The number of aromatic nitrogens is 1. The van der Waals surface area contributed by atoms with E-state index in [0.717, 1.165) is 30.2 Å². The lowest BCUT2D eigenvalue weighted by Crippen LogP contribution is -2.18. The molecular formula is C11H19BrN4O2S. The van der Waals surface area contributed by atoms with E-state index in [-0.39, 0.29) is 0 Å². The molecule has 0 radical (unpaired) electrons. The lowest BCUT2D eigenvalue weighted by molar-refractivity contribution is 0.405. The summed E-state index contributed by atoms with van der Waals surface area (Å²) in [7, 11) is 0.697. The minimum absolute atomic E-state index is 0.446. The summed E-state index contributed by atoms with van der Waals surface area (Å²) in [4.78, 5) is 6.27. The van der Waals surface area contributed by atoms with Crippen LogP contribution in [0, 0.1) is 0 Å². The smallest absolute Gasteiger partial charge is 0.229 e. The number of rotatable bonds is 7. The van der Waals surface area contributed by atoms with Gasteiger partial charge in [-0.15, -0.1) is 0 Å². The van der Waals surface area contributed by atoms with E-state index < -0.39 is 10.0 Å². The Labute approximate surface area is 122 Å². The molecule has 0 fully saturated rings. The molecule has 0 spiro atoms. The lowest BCUT2D eigenvalue weighted by atomic mass is 10.3. The summed E-state index contributed by atoms with van der Waals surface area (Å²) in [5.74, 6) is 0.535. The molecule has 108 valence electrons. The Morgan fingerprint density at radius 2 is 2.11 bits per heavy atom. The second-order valence-electron chi connectivity index (χ2n) is 4.51. The fraction of sp³-hybridized carbons (Fsp3) is 0.545. The largest absolute Gasteiger partial charge is 0.368 e. The van der Waals surface area contributed by atoms with E-state index in [1.165, 1.54) is 0 Å². The molecule has 2 N–H and O–H groups in total. The van der Waals surface area contributed by atoms with Crippen LogP contribution in [0.25, 0.3) is 0 Å². The van der Waals surface area contributed by atoms with Crippen LogP contribution in [0.5, 0.6) is 0 Å². The van der Waals surface area contributed by atoms with E-state index in [9.17, 15) is 8.42 Å². The second-order valence-corrected chi connectivity index (χ2v) is 7.17. The van der Waals surface area contributed by atoms with Gasteiger partial charge in [0.25, 0.3) is 0 Å². The summed E-state index contributed by atoms with van der Waals surface area (Å²) in [5, 5.41) is 3.13. The Morgan fingerprint density at radius 3 is 2.68 bits per heavy atom. The molecule has 0 aromatic carbocycles. The van der Waals surface area contributed by atoms with Crippen molar-refractivity contribution >= 4 is 37.5 Å². The Kier molecular flexibility index (Phi) is 6.02. The van der Waals surface area contributed by atoms with E-state index in [2.05, 4.69) is 35.9 Å². The molecule has 0 amide bonds. The van der Waals surface area contributed by atoms with Crippen molar-refractivity contribution in [1.82, 2.24) is 9.88 Å². The highest BCUT2D eigenvalue weighted by molar-refractivity contribution is 9.10. The maximum absolute atomic E-state index is 11.3. The Balaban J connectivity index is 2.71. The van der Waals surface area contributed by atoms with Crippen molar-refractivity contribution in [2.75, 3.05) is 43.5 Å². The summed E-state index contributed by atoms with van der Waals surface area (Å²) in [6.45, 7) is 1.68. The number of hydrogen-bond donors (Lipinski definition) is 2. The highest BCUT2D eigenvalue weighted by Gasteiger charge is 2.09. The van der Waals surface area contributed by atoms with E-state index in [0.29, 0.717) is 11.5 Å². The molecular weight excluding hydrogens is 332 g/mol. The summed E-state index contributed by atoms with van der Waals surface area (Å²) < 4.78 is 25.8. The molecule has 6 nitrogen and oxygen atoms in total. The summed E-state index contributed by atoms with van der Waals surface area (Å²) in [6.07, 6.45) is 3.69. The van der Waals surface area contributed by atoms with Crippen LogP contribution in [0.15, 0.2) is 16.7 Å². The van der Waals surface area contributed by atoms with Crippen LogP contribution in [0.2, 0.25) is 0 Å². The zero-order chi connectivity index (χ0) is 14.5. The normalized spacial score (nSPS) is 11.6. The summed E-state index contributed by atoms with van der Waals surface area (Å²) in [5.41, 5.74) is 0.446. The van der Waals surface area contributed by atoms with Gasteiger partial charge < -0.3 is 10.2 Å². The number of pyridine rings is 1. The van der Waals surface area contributed by atoms with Gasteiger partial charge in [-0.25, -0.2) is 13.4 Å². The number of anilines is 2. The molecule has 0 bridgehead atoms. The quantitative estimate of drug-likeness (QED) is 0.730. The second kappa shape index (κ2) is 7.06. The molecule has 0 aliphatic carbocycles. The Morgan fingerprint density at radius 1 is 1.42 bits per heavy atom. The van der Waals surface area contributed by atoms with E-state index in [1.54, 1.807) is 12.3 Å². The van der Waals surface area contributed by atoms with Gasteiger partial charge in [0, 0.05) is 17.2 Å². The zero-order valence-electron chi connectivity index (χ0n) is 11.3. The minimum atomic E-state index is -3.32. The van der Waals surface area contributed by atoms with Crippen LogP contribution in [0.3, 0.4) is 0 Å². The third-order valence-corrected chi connectivity index (χ3v) is 3.25. The van der Waals surface area contributed by atoms with Crippen LogP contribution < -0.4 is 10.0 Å². The first-order chi connectivity index (χ1) is 8.78. The van der Waals surface area contributed by atoms with Crippen molar-refractivity contribution < 1.29 is 8.42 Å². The molecule has 0 saturated carbocycles. The summed E-state index contributed by atoms with van der Waals surface area (Å²) in [6, 6.07) is 1.68. The molecule has 1 heterocycles. The molecule has 19 heavy (non-hydrogen) atoms. The zero-order valence-corrected chi connectivity index (χ0v) is 13.7. The first-order valence-electron chi connectivity index (χ1n) is 5.80. The van der Waals surface area contributed by atoms with Crippen molar-refractivity contribution in [3.8, 4) is 0 Å². The average Bonchev–Trinajstić information content (AvgIpc) is 2.24. The predicted molar refractivity (Wildman–Crippen MR) is 82.1 cm³/mol. The van der Waals surface area contributed by atoms with Gasteiger partial charge in [-0.1, -0.05) is 0 Å². The van der Waals surface area contributed by atoms with E-state index >= 15 is 0 Å². The topological polar surface area (TPSA) is 74.3 Å². The number of sulfonamides is 1. The molecule has 1 aromatic heterocycles. The van der Waals surface area contributed by atoms with Crippen molar-refractivity contribution in [3.63, 3.8) is 0 Å². The predicted octanol–water partition coefficient (Wildman–Crippen LogP) is 1.58. The van der Waals surface area contributed by atoms with Crippen LogP contribution in [0.1, 0.15) is 6.42 Å². The van der Waals surface area contributed by atoms with Crippen molar-refractivity contribution in [2.24, 2.45) is 0 Å². The van der Waals surface area contributed by atoms with Gasteiger partial charge in [-0.05, 0) is 49.1 Å². The number of hydrogen-bond acceptors (Lipinski definition) is 5. The monoisotopic (exact) mass is 350 g/mol. The minimum Gasteiger partial charge on any atom is -0.368 e. The van der Waals surface area contributed by atoms with Gasteiger partial charge in [0.2, 0.25) is 10.0 Å². The fourth-order valence-electron chi connectivity index (χ4n) is 1.46. The summed E-state index contributed by atoms with van der Waals surface area (Å²) >= 11 is 3.27. The van der Waals surface area contributed by atoms with Crippen LogP contribution in [-0.4, -0.2) is 51.7 Å². The average molecular weight is 351 g/mol. The van der Waals surface area contributed by atoms with Crippen LogP contribution in [0.4, 0.5) is 11.5 Å². The molecule has 1 aromatic rings. The van der Waals surface area contributed by atoms with Crippen molar-refractivity contribution in [2.45, 2.75) is 6.42 Å². The van der Waals surface area contributed by atoms with Gasteiger partial charge in [0.1, 0.15) is 5.82 Å². The molecule has 0 atom stereocenters. The Bertz CT molecular complexity index is 519. The van der Waals surface area contributed by atoms with E-state index in [1.807, 2.05) is 14.1 Å².